The first-order valence-electron chi connectivity index (χ1n) is 10.3. The van der Waals surface area contributed by atoms with Gasteiger partial charge in [0, 0.05) is 26.6 Å². The number of methoxy groups -OCH3 is 1. The van der Waals surface area contributed by atoms with E-state index < -0.39 is 0 Å². The Morgan fingerprint density at radius 2 is 2.07 bits per heavy atom. The summed E-state index contributed by atoms with van der Waals surface area (Å²) in [6.07, 6.45) is 8.22. The van der Waals surface area contributed by atoms with E-state index in [0.29, 0.717) is 30.4 Å². The number of hydrogen-bond acceptors (Lipinski definition) is 4. The van der Waals surface area contributed by atoms with Gasteiger partial charge in [0.2, 0.25) is 5.91 Å². The second kappa shape index (κ2) is 8.99. The lowest BCUT2D eigenvalue weighted by atomic mass is 9.84. The molecule has 0 unspecified atom stereocenters. The normalized spacial score (nSPS) is 26.1. The zero-order chi connectivity index (χ0) is 20.3. The number of aliphatic hydroxyl groups is 1. The SMILES string of the molecule is COc1ccc(C[C@@H]2[C@H]3CC(CCCCC(=O)N(C)C)=C[C@H]3C[C@H]2O)c(O)c1. The maximum absolute atomic E-state index is 11.7. The highest BCUT2D eigenvalue weighted by Gasteiger charge is 2.44. The van der Waals surface area contributed by atoms with Gasteiger partial charge in [0.15, 0.2) is 0 Å². The third kappa shape index (κ3) is 4.69. The first-order chi connectivity index (χ1) is 13.4. The molecule has 1 fully saturated rings. The number of rotatable bonds is 8. The fraction of sp³-hybridized carbons (Fsp3) is 0.609. The zero-order valence-corrected chi connectivity index (χ0v) is 17.2. The summed E-state index contributed by atoms with van der Waals surface area (Å²) in [6.45, 7) is 0. The van der Waals surface area contributed by atoms with E-state index in [1.54, 1.807) is 32.2 Å². The predicted octanol–water partition coefficient (Wildman–Crippen LogP) is 3.54. The minimum atomic E-state index is -0.313. The molecule has 0 heterocycles. The van der Waals surface area contributed by atoms with Crippen molar-refractivity contribution >= 4 is 5.91 Å². The van der Waals surface area contributed by atoms with Crippen LogP contribution in [-0.4, -0.2) is 48.3 Å². The first kappa shape index (κ1) is 20.7. The van der Waals surface area contributed by atoms with E-state index in [4.69, 9.17) is 4.74 Å². The van der Waals surface area contributed by atoms with Crippen LogP contribution in [0.2, 0.25) is 0 Å². The molecule has 0 aromatic heterocycles. The summed E-state index contributed by atoms with van der Waals surface area (Å²) < 4.78 is 5.16. The highest BCUT2D eigenvalue weighted by molar-refractivity contribution is 5.75. The molecule has 1 aromatic carbocycles. The third-order valence-electron chi connectivity index (χ3n) is 6.44. The van der Waals surface area contributed by atoms with E-state index in [1.165, 1.54) is 5.57 Å². The van der Waals surface area contributed by atoms with E-state index in [2.05, 4.69) is 6.08 Å². The van der Waals surface area contributed by atoms with E-state index >= 15 is 0 Å². The van der Waals surface area contributed by atoms with Crippen LogP contribution in [0.1, 0.15) is 44.1 Å². The number of allylic oxidation sites excluding steroid dienone is 2. The molecule has 154 valence electrons. The Morgan fingerprint density at radius 3 is 2.75 bits per heavy atom. The minimum Gasteiger partial charge on any atom is -0.508 e. The lowest BCUT2D eigenvalue weighted by Gasteiger charge is -2.22. The van der Waals surface area contributed by atoms with Gasteiger partial charge in [-0.1, -0.05) is 17.7 Å². The summed E-state index contributed by atoms with van der Waals surface area (Å²) >= 11 is 0. The highest BCUT2D eigenvalue weighted by atomic mass is 16.5. The number of hydrogen-bond donors (Lipinski definition) is 2. The fourth-order valence-corrected chi connectivity index (χ4v) is 4.82. The van der Waals surface area contributed by atoms with Crippen LogP contribution < -0.4 is 4.74 Å². The number of carbonyl (C=O) groups excluding carboxylic acids is 1. The molecule has 2 aliphatic rings. The Kier molecular flexibility index (Phi) is 6.65. The number of nitrogens with zero attached hydrogens (tertiary/aromatic N) is 1. The van der Waals surface area contributed by atoms with E-state index in [0.717, 1.165) is 37.7 Å². The third-order valence-corrected chi connectivity index (χ3v) is 6.44. The number of unbranched alkanes of at least 4 members (excludes halogenated alkanes) is 1. The van der Waals surface area contributed by atoms with Gasteiger partial charge in [-0.25, -0.2) is 0 Å². The van der Waals surface area contributed by atoms with Crippen molar-refractivity contribution in [2.75, 3.05) is 21.2 Å². The molecule has 2 aliphatic carbocycles. The van der Waals surface area contributed by atoms with Crippen LogP contribution >= 0.6 is 0 Å². The molecule has 4 atom stereocenters. The van der Waals surface area contributed by atoms with Crippen molar-refractivity contribution in [3.8, 4) is 11.5 Å². The summed E-state index contributed by atoms with van der Waals surface area (Å²) in [5.74, 6) is 2.15. The monoisotopic (exact) mass is 387 g/mol. The van der Waals surface area contributed by atoms with Crippen molar-refractivity contribution in [1.29, 1.82) is 0 Å². The van der Waals surface area contributed by atoms with Gasteiger partial charge in [-0.2, -0.15) is 0 Å². The van der Waals surface area contributed by atoms with Crippen molar-refractivity contribution in [3.05, 3.63) is 35.4 Å². The predicted molar refractivity (Wildman–Crippen MR) is 109 cm³/mol. The lowest BCUT2D eigenvalue weighted by Crippen LogP contribution is -2.22. The minimum absolute atomic E-state index is 0.174. The van der Waals surface area contributed by atoms with Crippen molar-refractivity contribution in [2.24, 2.45) is 17.8 Å². The molecule has 2 N–H and O–H groups in total. The Bertz CT molecular complexity index is 727. The number of carbonyl (C=O) groups is 1. The van der Waals surface area contributed by atoms with Crippen molar-refractivity contribution in [1.82, 2.24) is 4.90 Å². The van der Waals surface area contributed by atoms with Gasteiger partial charge < -0.3 is 19.8 Å². The van der Waals surface area contributed by atoms with Crippen molar-refractivity contribution < 1.29 is 19.7 Å². The van der Waals surface area contributed by atoms with Crippen molar-refractivity contribution in [2.45, 2.75) is 51.0 Å². The molecule has 1 aromatic rings. The van der Waals surface area contributed by atoms with Crippen LogP contribution in [-0.2, 0) is 11.2 Å². The van der Waals surface area contributed by atoms with Gasteiger partial charge >= 0.3 is 0 Å². The summed E-state index contributed by atoms with van der Waals surface area (Å²) in [5.41, 5.74) is 2.35. The van der Waals surface area contributed by atoms with E-state index in [9.17, 15) is 15.0 Å². The standard InChI is InChI=1S/C23H33NO4/c1-24(2)23(27)7-5-4-6-15-10-17-13-22(26)20(19(17)11-15)12-16-8-9-18(28-3)14-21(16)25/h8-10,14,17,19-20,22,25-26H,4-7,11-13H2,1-3H3/t17-,19-,20+,22+/m0/s1. The molecule has 3 rings (SSSR count). The lowest BCUT2D eigenvalue weighted by molar-refractivity contribution is -0.128. The summed E-state index contributed by atoms with van der Waals surface area (Å²) in [6, 6.07) is 5.40. The van der Waals surface area contributed by atoms with Gasteiger partial charge in [0.05, 0.1) is 13.2 Å². The quantitative estimate of drug-likeness (QED) is 0.529. The van der Waals surface area contributed by atoms with Crippen molar-refractivity contribution in [3.63, 3.8) is 0 Å². The maximum Gasteiger partial charge on any atom is 0.222 e. The molecule has 0 radical (unpaired) electrons. The van der Waals surface area contributed by atoms with Gasteiger partial charge in [0.25, 0.3) is 0 Å². The van der Waals surface area contributed by atoms with Gasteiger partial charge in [-0.05, 0) is 67.9 Å². The average Bonchev–Trinajstić information content (AvgIpc) is 3.17. The topological polar surface area (TPSA) is 70.0 Å². The molecule has 1 amide bonds. The van der Waals surface area contributed by atoms with Gasteiger partial charge in [-0.15, -0.1) is 0 Å². The first-order valence-corrected chi connectivity index (χ1v) is 10.3. The number of ether oxygens (including phenoxy) is 1. The Labute approximate surface area is 168 Å². The van der Waals surface area contributed by atoms with Crippen LogP contribution in [0, 0.1) is 17.8 Å². The molecule has 1 saturated carbocycles. The smallest absolute Gasteiger partial charge is 0.222 e. The number of fused-ring (bicyclic) bond motifs is 1. The number of amides is 1. The summed E-state index contributed by atoms with van der Waals surface area (Å²) in [5, 5.41) is 20.9. The molecule has 0 spiro atoms. The zero-order valence-electron chi connectivity index (χ0n) is 17.2. The molecule has 0 aliphatic heterocycles. The van der Waals surface area contributed by atoms with Crippen LogP contribution in [0.4, 0.5) is 0 Å². The molecule has 0 saturated heterocycles. The molecule has 28 heavy (non-hydrogen) atoms. The van der Waals surface area contributed by atoms with E-state index in [-0.39, 0.29) is 23.7 Å². The highest BCUT2D eigenvalue weighted by Crippen LogP contribution is 2.49. The second-order valence-electron chi connectivity index (χ2n) is 8.52. The number of benzene rings is 1. The molecular weight excluding hydrogens is 354 g/mol. The number of phenols is 1. The van der Waals surface area contributed by atoms with Gasteiger partial charge in [-0.3, -0.25) is 4.79 Å². The molecule has 5 heteroatoms. The number of aliphatic hydroxyl groups excluding tert-OH is 1. The Morgan fingerprint density at radius 1 is 1.29 bits per heavy atom. The maximum atomic E-state index is 11.7. The van der Waals surface area contributed by atoms with Crippen LogP contribution in [0.25, 0.3) is 0 Å². The Hall–Kier alpha value is -2.01. The molecule has 5 nitrogen and oxygen atoms in total. The van der Waals surface area contributed by atoms with Gasteiger partial charge in [0.1, 0.15) is 11.5 Å². The molecule has 0 bridgehead atoms. The largest absolute Gasteiger partial charge is 0.508 e. The van der Waals surface area contributed by atoms with E-state index in [1.807, 2.05) is 12.1 Å². The fourth-order valence-electron chi connectivity index (χ4n) is 4.82. The van der Waals surface area contributed by atoms with Crippen LogP contribution in [0.5, 0.6) is 11.5 Å². The molecular formula is C23H33NO4. The second-order valence-corrected chi connectivity index (χ2v) is 8.52. The number of aromatic hydroxyl groups is 1. The number of phenolic OH excluding ortho intramolecular Hbond substituents is 1. The Balaban J connectivity index is 1.53. The average molecular weight is 388 g/mol. The summed E-state index contributed by atoms with van der Waals surface area (Å²) in [4.78, 5) is 13.3. The summed E-state index contributed by atoms with van der Waals surface area (Å²) in [7, 11) is 5.19. The van der Waals surface area contributed by atoms with Crippen LogP contribution in [0.3, 0.4) is 0 Å². The van der Waals surface area contributed by atoms with Crippen LogP contribution in [0.15, 0.2) is 29.8 Å².